The first kappa shape index (κ1) is 18.1. The number of amides is 1. The van der Waals surface area contributed by atoms with Crippen LogP contribution in [0.1, 0.15) is 15.9 Å². The standard InChI is InChI=1S/C16H16ClN3O3S/c1-20(2)24(22,23)15-8-4-6-13(10-15)16(21)19-18-11-12-5-3-7-14(17)9-12/h3-11H,1-2H3,(H,19,21)/b18-11-. The number of halogens is 1. The van der Waals surface area contributed by atoms with Gasteiger partial charge in [-0.2, -0.15) is 5.10 Å². The van der Waals surface area contributed by atoms with E-state index < -0.39 is 15.9 Å². The molecule has 0 heterocycles. The molecule has 0 fully saturated rings. The Bertz CT molecular complexity index is 880. The minimum absolute atomic E-state index is 0.0407. The predicted octanol–water partition coefficient (Wildman–Crippen LogP) is 2.35. The molecule has 0 saturated carbocycles. The lowest BCUT2D eigenvalue weighted by molar-refractivity contribution is 0.0955. The van der Waals surface area contributed by atoms with Crippen molar-refractivity contribution in [1.82, 2.24) is 9.73 Å². The van der Waals surface area contributed by atoms with Crippen LogP contribution >= 0.6 is 11.6 Å². The third kappa shape index (κ3) is 4.41. The van der Waals surface area contributed by atoms with E-state index in [1.807, 2.05) is 0 Å². The summed E-state index contributed by atoms with van der Waals surface area (Å²) in [4.78, 5) is 12.1. The summed E-state index contributed by atoms with van der Waals surface area (Å²) in [5.41, 5.74) is 3.28. The largest absolute Gasteiger partial charge is 0.271 e. The first-order valence-electron chi connectivity index (χ1n) is 6.92. The van der Waals surface area contributed by atoms with Crippen molar-refractivity contribution in [2.45, 2.75) is 4.90 Å². The van der Waals surface area contributed by atoms with Crippen molar-refractivity contribution in [2.24, 2.45) is 5.10 Å². The van der Waals surface area contributed by atoms with Gasteiger partial charge in [-0.25, -0.2) is 18.1 Å². The van der Waals surface area contributed by atoms with E-state index in [1.54, 1.807) is 24.3 Å². The average Bonchev–Trinajstić information content (AvgIpc) is 2.55. The van der Waals surface area contributed by atoms with Crippen LogP contribution in [0.5, 0.6) is 0 Å². The highest BCUT2D eigenvalue weighted by Crippen LogP contribution is 2.15. The van der Waals surface area contributed by atoms with Crippen LogP contribution in [0.2, 0.25) is 5.02 Å². The topological polar surface area (TPSA) is 78.8 Å². The van der Waals surface area contributed by atoms with Gasteiger partial charge < -0.3 is 0 Å². The summed E-state index contributed by atoms with van der Waals surface area (Å²) in [5.74, 6) is -0.510. The summed E-state index contributed by atoms with van der Waals surface area (Å²) in [6.07, 6.45) is 1.45. The molecule has 0 atom stereocenters. The average molecular weight is 366 g/mol. The fourth-order valence-corrected chi connectivity index (χ4v) is 2.97. The highest BCUT2D eigenvalue weighted by Gasteiger charge is 2.18. The normalized spacial score (nSPS) is 11.8. The van der Waals surface area contributed by atoms with Crippen LogP contribution in [-0.2, 0) is 10.0 Å². The summed E-state index contributed by atoms with van der Waals surface area (Å²) in [7, 11) is -0.745. The van der Waals surface area contributed by atoms with Crippen molar-refractivity contribution in [3.05, 3.63) is 64.7 Å². The van der Waals surface area contributed by atoms with Gasteiger partial charge in [0.05, 0.1) is 11.1 Å². The molecule has 8 heteroatoms. The lowest BCUT2D eigenvalue weighted by Crippen LogP contribution is -2.23. The second-order valence-corrected chi connectivity index (χ2v) is 7.66. The van der Waals surface area contributed by atoms with Crippen molar-refractivity contribution < 1.29 is 13.2 Å². The molecule has 2 aromatic rings. The van der Waals surface area contributed by atoms with Crippen LogP contribution < -0.4 is 5.43 Å². The van der Waals surface area contributed by atoms with Crippen LogP contribution in [0.25, 0.3) is 0 Å². The molecule has 0 saturated heterocycles. The Kier molecular flexibility index (Phi) is 5.71. The molecule has 0 bridgehead atoms. The molecule has 24 heavy (non-hydrogen) atoms. The maximum atomic E-state index is 12.1. The molecule has 0 unspecified atom stereocenters. The molecular formula is C16H16ClN3O3S. The fourth-order valence-electron chi connectivity index (χ4n) is 1.83. The van der Waals surface area contributed by atoms with Gasteiger partial charge in [0, 0.05) is 24.7 Å². The van der Waals surface area contributed by atoms with Crippen molar-refractivity contribution in [1.29, 1.82) is 0 Å². The molecule has 0 aliphatic heterocycles. The zero-order valence-electron chi connectivity index (χ0n) is 13.1. The van der Waals surface area contributed by atoms with E-state index in [2.05, 4.69) is 10.5 Å². The highest BCUT2D eigenvalue weighted by molar-refractivity contribution is 7.89. The second-order valence-electron chi connectivity index (χ2n) is 5.07. The molecule has 0 aromatic heterocycles. The zero-order valence-corrected chi connectivity index (χ0v) is 14.7. The third-order valence-electron chi connectivity index (χ3n) is 3.10. The number of carbonyl (C=O) groups excluding carboxylic acids is 1. The molecule has 1 amide bonds. The lowest BCUT2D eigenvalue weighted by atomic mass is 10.2. The number of hydrazone groups is 1. The number of rotatable bonds is 5. The molecule has 2 rings (SSSR count). The van der Waals surface area contributed by atoms with Crippen LogP contribution in [0.3, 0.4) is 0 Å². The summed E-state index contributed by atoms with van der Waals surface area (Å²) in [6.45, 7) is 0. The number of nitrogens with zero attached hydrogens (tertiary/aromatic N) is 2. The minimum atomic E-state index is -3.60. The molecule has 126 valence electrons. The van der Waals surface area contributed by atoms with E-state index in [9.17, 15) is 13.2 Å². The maximum absolute atomic E-state index is 12.1. The van der Waals surface area contributed by atoms with Gasteiger partial charge in [0.15, 0.2) is 0 Å². The SMILES string of the molecule is CN(C)S(=O)(=O)c1cccc(C(=O)N/N=C\c2cccc(Cl)c2)c1. The van der Waals surface area contributed by atoms with E-state index in [-0.39, 0.29) is 10.5 Å². The Morgan fingerprint density at radius 1 is 1.17 bits per heavy atom. The molecule has 1 N–H and O–H groups in total. The van der Waals surface area contributed by atoms with Crippen molar-refractivity contribution in [2.75, 3.05) is 14.1 Å². The van der Waals surface area contributed by atoms with E-state index >= 15 is 0 Å². The fraction of sp³-hybridized carbons (Fsp3) is 0.125. The number of carbonyl (C=O) groups is 1. The predicted molar refractivity (Wildman–Crippen MR) is 93.8 cm³/mol. The van der Waals surface area contributed by atoms with Crippen molar-refractivity contribution >= 4 is 33.7 Å². The number of sulfonamides is 1. The van der Waals surface area contributed by atoms with Crippen LogP contribution in [0, 0.1) is 0 Å². The Morgan fingerprint density at radius 2 is 1.88 bits per heavy atom. The smallest absolute Gasteiger partial charge is 0.267 e. The summed E-state index contributed by atoms with van der Waals surface area (Å²) >= 11 is 5.86. The molecule has 0 aliphatic carbocycles. The summed E-state index contributed by atoms with van der Waals surface area (Å²) < 4.78 is 25.3. The maximum Gasteiger partial charge on any atom is 0.271 e. The molecule has 0 radical (unpaired) electrons. The molecular weight excluding hydrogens is 350 g/mol. The number of benzene rings is 2. The highest BCUT2D eigenvalue weighted by atomic mass is 35.5. The Morgan fingerprint density at radius 3 is 2.54 bits per heavy atom. The van der Waals surface area contributed by atoms with E-state index in [1.165, 1.54) is 44.6 Å². The number of nitrogens with one attached hydrogen (secondary N) is 1. The van der Waals surface area contributed by atoms with E-state index in [0.717, 1.165) is 9.87 Å². The van der Waals surface area contributed by atoms with Gasteiger partial charge in [0.2, 0.25) is 10.0 Å². The van der Waals surface area contributed by atoms with Gasteiger partial charge in [-0.05, 0) is 35.9 Å². The van der Waals surface area contributed by atoms with Crippen molar-refractivity contribution in [3.8, 4) is 0 Å². The van der Waals surface area contributed by atoms with Gasteiger partial charge in [-0.1, -0.05) is 29.8 Å². The zero-order chi connectivity index (χ0) is 17.7. The second kappa shape index (κ2) is 7.57. The van der Waals surface area contributed by atoms with E-state index in [4.69, 9.17) is 11.6 Å². The minimum Gasteiger partial charge on any atom is -0.267 e. The van der Waals surface area contributed by atoms with Gasteiger partial charge >= 0.3 is 0 Å². The van der Waals surface area contributed by atoms with Crippen molar-refractivity contribution in [3.63, 3.8) is 0 Å². The lowest BCUT2D eigenvalue weighted by Gasteiger charge is -2.11. The summed E-state index contributed by atoms with van der Waals surface area (Å²) in [5, 5.41) is 4.40. The Hall–Kier alpha value is -2.22. The quantitative estimate of drug-likeness (QED) is 0.652. The molecule has 6 nitrogen and oxygen atoms in total. The Labute approximate surface area is 145 Å². The molecule has 0 aliphatic rings. The number of hydrogen-bond acceptors (Lipinski definition) is 4. The summed E-state index contributed by atoms with van der Waals surface area (Å²) in [6, 6.07) is 12.7. The Balaban J connectivity index is 2.13. The van der Waals surface area contributed by atoms with E-state index in [0.29, 0.717) is 5.02 Å². The van der Waals surface area contributed by atoms with Gasteiger partial charge in [-0.15, -0.1) is 0 Å². The third-order valence-corrected chi connectivity index (χ3v) is 5.15. The molecule has 0 spiro atoms. The van der Waals surface area contributed by atoms with Crippen LogP contribution in [-0.4, -0.2) is 38.9 Å². The van der Waals surface area contributed by atoms with Gasteiger partial charge in [-0.3, -0.25) is 4.79 Å². The number of hydrogen-bond donors (Lipinski definition) is 1. The monoisotopic (exact) mass is 365 g/mol. The molecule has 2 aromatic carbocycles. The van der Waals surface area contributed by atoms with Crippen LogP contribution in [0.4, 0.5) is 0 Å². The first-order chi connectivity index (χ1) is 11.3. The van der Waals surface area contributed by atoms with Gasteiger partial charge in [0.25, 0.3) is 5.91 Å². The first-order valence-corrected chi connectivity index (χ1v) is 8.74. The van der Waals surface area contributed by atoms with Gasteiger partial charge in [0.1, 0.15) is 0 Å². The van der Waals surface area contributed by atoms with Crippen LogP contribution in [0.15, 0.2) is 58.5 Å².